The van der Waals surface area contributed by atoms with E-state index >= 15 is 0 Å². The van der Waals surface area contributed by atoms with Gasteiger partial charge in [-0.2, -0.15) is 18.3 Å². The van der Waals surface area contributed by atoms with Gasteiger partial charge in [-0.3, -0.25) is 4.99 Å². The maximum absolute atomic E-state index is 13.6. The number of rotatable bonds is 5. The molecule has 33 heavy (non-hydrogen) atoms. The first-order valence-corrected chi connectivity index (χ1v) is 11.2. The first-order valence-electron chi connectivity index (χ1n) is 9.68. The maximum atomic E-state index is 13.6. The summed E-state index contributed by atoms with van der Waals surface area (Å²) in [6.45, 7) is 2.19. The molecular weight excluding hydrogens is 457 g/mol. The van der Waals surface area contributed by atoms with Gasteiger partial charge in [-0.25, -0.2) is 18.2 Å². The zero-order valence-electron chi connectivity index (χ0n) is 17.6. The molecule has 7 nitrogen and oxygen atoms in total. The summed E-state index contributed by atoms with van der Waals surface area (Å²) in [5.74, 6) is 0.501. The van der Waals surface area contributed by atoms with E-state index in [0.29, 0.717) is 23.4 Å². The van der Waals surface area contributed by atoms with E-state index in [0.717, 1.165) is 21.9 Å². The standard InChI is InChI=1S/C22H19F3N4O3S/c1-13-18(9-15(10-20(13)32-2)14-7-8-27-12-14)19-11-21(22(23,24)25)28-29(19)16-3-5-17(6-4-16)33(26,30)31/h3-11H,12H2,1-2H3,(H2,26,30,31). The highest BCUT2D eigenvalue weighted by Crippen LogP contribution is 2.38. The third-order valence-electron chi connectivity index (χ3n) is 5.28. The SMILES string of the molecule is COc1cc(C2=CC=NC2)cc(-c2cc(C(F)(F)F)nn2-c2ccc(S(N)(=O)=O)cc2)c1C. The Morgan fingerprint density at radius 2 is 1.82 bits per heavy atom. The smallest absolute Gasteiger partial charge is 0.435 e. The summed E-state index contributed by atoms with van der Waals surface area (Å²) < 4.78 is 70.5. The van der Waals surface area contributed by atoms with E-state index in [2.05, 4.69) is 10.1 Å². The molecular formula is C22H19F3N4O3S. The van der Waals surface area contributed by atoms with Crippen LogP contribution in [0.15, 0.2) is 58.4 Å². The van der Waals surface area contributed by atoms with Crippen molar-refractivity contribution in [2.75, 3.05) is 13.7 Å². The number of aliphatic imine (C=N–C) groups is 1. The van der Waals surface area contributed by atoms with Crippen LogP contribution in [0.25, 0.3) is 22.5 Å². The minimum Gasteiger partial charge on any atom is -0.496 e. The molecule has 0 spiro atoms. The molecule has 1 aliphatic rings. The maximum Gasteiger partial charge on any atom is 0.435 e. The zero-order chi connectivity index (χ0) is 24.0. The van der Waals surface area contributed by atoms with Crippen LogP contribution in [0.3, 0.4) is 0 Å². The van der Waals surface area contributed by atoms with Crippen LogP contribution in [0.5, 0.6) is 5.75 Å². The van der Waals surface area contributed by atoms with Crippen molar-refractivity contribution in [2.45, 2.75) is 18.0 Å². The Balaban J connectivity index is 1.94. The number of hydrogen-bond donors (Lipinski definition) is 1. The van der Waals surface area contributed by atoms with Crippen molar-refractivity contribution in [3.05, 3.63) is 65.4 Å². The number of halogens is 3. The quantitative estimate of drug-likeness (QED) is 0.602. The van der Waals surface area contributed by atoms with Crippen LogP contribution >= 0.6 is 0 Å². The largest absolute Gasteiger partial charge is 0.496 e. The molecule has 2 aromatic carbocycles. The van der Waals surface area contributed by atoms with E-state index in [4.69, 9.17) is 9.88 Å². The number of ether oxygens (including phenoxy) is 1. The van der Waals surface area contributed by atoms with Gasteiger partial charge >= 0.3 is 6.18 Å². The van der Waals surface area contributed by atoms with Crippen LogP contribution in [-0.4, -0.2) is 38.1 Å². The fourth-order valence-corrected chi connectivity index (χ4v) is 4.09. The lowest BCUT2D eigenvalue weighted by atomic mass is 9.96. The Labute approximate surface area is 188 Å². The lowest BCUT2D eigenvalue weighted by molar-refractivity contribution is -0.141. The highest BCUT2D eigenvalue weighted by Gasteiger charge is 2.35. The van der Waals surface area contributed by atoms with Gasteiger partial charge in [0.05, 0.1) is 29.9 Å². The van der Waals surface area contributed by atoms with Gasteiger partial charge in [0, 0.05) is 17.3 Å². The summed E-state index contributed by atoms with van der Waals surface area (Å²) in [5, 5.41) is 8.90. The van der Waals surface area contributed by atoms with Crippen molar-refractivity contribution in [3.8, 4) is 22.7 Å². The Bertz CT molecular complexity index is 1390. The first kappa shape index (κ1) is 22.7. The number of nitrogens with zero attached hydrogens (tertiary/aromatic N) is 3. The van der Waals surface area contributed by atoms with Crippen LogP contribution in [-0.2, 0) is 16.2 Å². The van der Waals surface area contributed by atoms with Gasteiger partial charge in [0.2, 0.25) is 10.0 Å². The Hall–Kier alpha value is -3.44. The van der Waals surface area contributed by atoms with E-state index in [1.165, 1.54) is 31.4 Å². The lowest BCUT2D eigenvalue weighted by Crippen LogP contribution is -2.12. The fraction of sp³-hybridized carbons (Fsp3) is 0.182. The molecule has 0 unspecified atom stereocenters. The van der Waals surface area contributed by atoms with Gasteiger partial charge in [-0.1, -0.05) is 0 Å². The number of methoxy groups -OCH3 is 1. The van der Waals surface area contributed by atoms with Crippen molar-refractivity contribution >= 4 is 21.8 Å². The van der Waals surface area contributed by atoms with Crippen LogP contribution in [0.2, 0.25) is 0 Å². The number of primary sulfonamides is 1. The molecule has 0 saturated carbocycles. The molecule has 1 aromatic heterocycles. The number of hydrogen-bond acceptors (Lipinski definition) is 5. The molecule has 0 bridgehead atoms. The summed E-state index contributed by atoms with van der Waals surface area (Å²) in [7, 11) is -2.47. The van der Waals surface area contributed by atoms with Gasteiger partial charge in [0.25, 0.3) is 0 Å². The second-order valence-corrected chi connectivity index (χ2v) is 8.96. The normalized spacial score (nSPS) is 13.9. The van der Waals surface area contributed by atoms with Crippen molar-refractivity contribution < 1.29 is 26.3 Å². The molecule has 4 rings (SSSR count). The molecule has 0 amide bonds. The van der Waals surface area contributed by atoms with Crippen molar-refractivity contribution in [1.82, 2.24) is 9.78 Å². The molecule has 0 fully saturated rings. The van der Waals surface area contributed by atoms with Gasteiger partial charge < -0.3 is 4.74 Å². The molecule has 2 heterocycles. The molecule has 11 heteroatoms. The topological polar surface area (TPSA) is 99.6 Å². The van der Waals surface area contributed by atoms with Gasteiger partial charge in [-0.15, -0.1) is 0 Å². The Morgan fingerprint density at radius 3 is 2.36 bits per heavy atom. The predicted molar refractivity (Wildman–Crippen MR) is 118 cm³/mol. The van der Waals surface area contributed by atoms with E-state index in [-0.39, 0.29) is 16.3 Å². The highest BCUT2D eigenvalue weighted by atomic mass is 32.2. The predicted octanol–water partition coefficient (Wildman–Crippen LogP) is 3.99. The summed E-state index contributed by atoms with van der Waals surface area (Å²) >= 11 is 0. The molecule has 1 aliphatic heterocycles. The van der Waals surface area contributed by atoms with Crippen LogP contribution in [0.4, 0.5) is 13.2 Å². The number of allylic oxidation sites excluding steroid dienone is 1. The molecule has 172 valence electrons. The number of nitrogens with two attached hydrogens (primary N) is 1. The summed E-state index contributed by atoms with van der Waals surface area (Å²) in [6.07, 6.45) is -1.18. The second kappa shape index (κ2) is 8.16. The monoisotopic (exact) mass is 476 g/mol. The van der Waals surface area contributed by atoms with Crippen molar-refractivity contribution in [3.63, 3.8) is 0 Å². The van der Waals surface area contributed by atoms with Crippen LogP contribution in [0, 0.1) is 6.92 Å². The average Bonchev–Trinajstić information content (AvgIpc) is 3.43. The van der Waals surface area contributed by atoms with Crippen molar-refractivity contribution in [2.24, 2.45) is 10.1 Å². The lowest BCUT2D eigenvalue weighted by Gasteiger charge is -2.16. The Kier molecular flexibility index (Phi) is 5.62. The van der Waals surface area contributed by atoms with E-state index in [1.807, 2.05) is 12.1 Å². The third-order valence-corrected chi connectivity index (χ3v) is 6.21. The summed E-state index contributed by atoms with van der Waals surface area (Å²) in [5.41, 5.74) is 2.08. The highest BCUT2D eigenvalue weighted by molar-refractivity contribution is 7.89. The molecule has 2 N–H and O–H groups in total. The summed E-state index contributed by atoms with van der Waals surface area (Å²) in [6, 6.07) is 9.66. The zero-order valence-corrected chi connectivity index (χ0v) is 18.4. The molecule has 3 aromatic rings. The van der Waals surface area contributed by atoms with Crippen molar-refractivity contribution in [1.29, 1.82) is 0 Å². The molecule has 0 saturated heterocycles. The number of aromatic nitrogens is 2. The first-order chi connectivity index (χ1) is 15.5. The van der Waals surface area contributed by atoms with Crippen LogP contribution < -0.4 is 9.88 Å². The molecule has 0 radical (unpaired) electrons. The van der Waals surface area contributed by atoms with E-state index < -0.39 is 21.9 Å². The minimum absolute atomic E-state index is 0.163. The number of benzene rings is 2. The summed E-state index contributed by atoms with van der Waals surface area (Å²) in [4.78, 5) is 4.00. The van der Waals surface area contributed by atoms with Gasteiger partial charge in [-0.05, 0) is 66.6 Å². The molecule has 0 atom stereocenters. The van der Waals surface area contributed by atoms with E-state index in [1.54, 1.807) is 19.2 Å². The second-order valence-electron chi connectivity index (χ2n) is 7.40. The third kappa shape index (κ3) is 4.41. The average molecular weight is 476 g/mol. The fourth-order valence-electron chi connectivity index (χ4n) is 3.57. The van der Waals surface area contributed by atoms with Gasteiger partial charge in [0.1, 0.15) is 5.75 Å². The van der Waals surface area contributed by atoms with Crippen LogP contribution in [0.1, 0.15) is 16.8 Å². The number of alkyl halides is 3. The minimum atomic E-state index is -4.68. The molecule has 0 aliphatic carbocycles. The Morgan fingerprint density at radius 1 is 1.12 bits per heavy atom. The van der Waals surface area contributed by atoms with E-state index in [9.17, 15) is 21.6 Å². The number of sulfonamides is 1. The van der Waals surface area contributed by atoms with Gasteiger partial charge in [0.15, 0.2) is 5.69 Å².